The van der Waals surface area contributed by atoms with Crippen LogP contribution in [0.1, 0.15) is 64.1 Å². The zero-order valence-electron chi connectivity index (χ0n) is 25.0. The molecule has 0 saturated heterocycles. The van der Waals surface area contributed by atoms with E-state index in [4.69, 9.17) is 14.6 Å². The van der Waals surface area contributed by atoms with E-state index in [1.165, 1.54) is 0 Å². The second-order valence-corrected chi connectivity index (χ2v) is 11.7. The largest absolute Gasteiger partial charge is 0.481 e. The van der Waals surface area contributed by atoms with Gasteiger partial charge in [0, 0.05) is 38.6 Å². The van der Waals surface area contributed by atoms with E-state index >= 15 is 0 Å². The van der Waals surface area contributed by atoms with Crippen molar-refractivity contribution in [2.24, 2.45) is 5.92 Å². The first-order chi connectivity index (χ1) is 21.3. The van der Waals surface area contributed by atoms with Crippen molar-refractivity contribution in [2.75, 3.05) is 38.7 Å². The average Bonchev–Trinajstić information content (AvgIpc) is 3.48. The molecule has 0 aliphatic rings. The van der Waals surface area contributed by atoms with Crippen molar-refractivity contribution in [3.05, 3.63) is 5.82 Å². The molecule has 0 aromatic carbocycles. The minimum Gasteiger partial charge on any atom is -0.481 e. The highest BCUT2D eigenvalue weighted by molar-refractivity contribution is 7.90. The van der Waals surface area contributed by atoms with Crippen molar-refractivity contribution in [2.45, 2.75) is 70.8 Å². The van der Waals surface area contributed by atoms with Gasteiger partial charge in [0.1, 0.15) is 12.6 Å². The first kappa shape index (κ1) is 39.0. The number of carbonyl (C=O) groups excluding carboxylic acids is 4. The third-order valence-electron chi connectivity index (χ3n) is 6.07. The van der Waals surface area contributed by atoms with Crippen LogP contribution in [-0.4, -0.2) is 119 Å². The molecule has 0 aliphatic carbocycles. The van der Waals surface area contributed by atoms with E-state index in [0.29, 0.717) is 18.7 Å². The topological polar surface area (TPSA) is 286 Å². The predicted molar refractivity (Wildman–Crippen MR) is 153 cm³/mol. The lowest BCUT2D eigenvalue weighted by Crippen LogP contribution is -2.40. The molecule has 19 nitrogen and oxygen atoms in total. The van der Waals surface area contributed by atoms with Crippen molar-refractivity contribution in [3.8, 4) is 0 Å². The number of hydrogen-bond donors (Lipinski definition) is 6. The molecular formula is C25H41N7O12S. The molecule has 1 rings (SSSR count). The van der Waals surface area contributed by atoms with Crippen molar-refractivity contribution >= 4 is 45.5 Å². The van der Waals surface area contributed by atoms with Gasteiger partial charge >= 0.3 is 11.9 Å². The smallest absolute Gasteiger partial charge is 0.326 e. The van der Waals surface area contributed by atoms with Crippen LogP contribution in [0.5, 0.6) is 0 Å². The van der Waals surface area contributed by atoms with Gasteiger partial charge in [-0.25, -0.2) is 13.2 Å². The minimum atomic E-state index is -3.89. The molecule has 0 radical (unpaired) electrons. The summed E-state index contributed by atoms with van der Waals surface area (Å²) in [6.45, 7) is 1.58. The van der Waals surface area contributed by atoms with Crippen LogP contribution >= 0.6 is 0 Å². The number of aliphatic carboxylic acids is 2. The van der Waals surface area contributed by atoms with Gasteiger partial charge in [0.25, 0.3) is 0 Å². The van der Waals surface area contributed by atoms with Gasteiger partial charge in [0.05, 0.1) is 31.5 Å². The first-order valence-electron chi connectivity index (χ1n) is 14.3. The SMILES string of the molecule is CCC(NC(=O)CCC(CC(=O)COCCOCCNC(=O)CCCS(=O)(=O)NC(=O)CCCc1nn[nH]n1)C(=O)O)C(=O)O. The third kappa shape index (κ3) is 19.1. The number of amides is 3. The van der Waals surface area contributed by atoms with Gasteiger partial charge in [-0.05, 0) is 25.7 Å². The zero-order valence-corrected chi connectivity index (χ0v) is 25.8. The number of hydrogen-bond acceptors (Lipinski definition) is 13. The Morgan fingerprint density at radius 1 is 0.911 bits per heavy atom. The Morgan fingerprint density at radius 3 is 2.27 bits per heavy atom. The Labute approximate surface area is 259 Å². The highest BCUT2D eigenvalue weighted by Crippen LogP contribution is 2.13. The molecule has 6 N–H and O–H groups in total. The van der Waals surface area contributed by atoms with Crippen molar-refractivity contribution in [1.82, 2.24) is 36.0 Å². The number of H-pyrrole nitrogens is 1. The molecule has 1 heterocycles. The highest BCUT2D eigenvalue weighted by atomic mass is 32.2. The number of rotatable bonds is 26. The number of ketones is 1. The van der Waals surface area contributed by atoms with E-state index in [2.05, 4.69) is 31.3 Å². The van der Waals surface area contributed by atoms with E-state index < -0.39 is 63.2 Å². The second-order valence-electron chi connectivity index (χ2n) is 9.83. The fourth-order valence-corrected chi connectivity index (χ4v) is 4.78. The van der Waals surface area contributed by atoms with Crippen LogP contribution in [0.2, 0.25) is 0 Å². The van der Waals surface area contributed by atoms with Gasteiger partial charge < -0.3 is 30.3 Å². The Hall–Kier alpha value is -4.04. The number of aromatic amines is 1. The summed E-state index contributed by atoms with van der Waals surface area (Å²) in [7, 11) is -3.89. The summed E-state index contributed by atoms with van der Waals surface area (Å²) in [5.41, 5.74) is 0. The molecule has 2 atom stereocenters. The van der Waals surface area contributed by atoms with Crippen LogP contribution in [-0.2, 0) is 54.7 Å². The molecule has 3 amide bonds. The Balaban J connectivity index is 2.10. The van der Waals surface area contributed by atoms with Gasteiger partial charge in [-0.2, -0.15) is 5.21 Å². The minimum absolute atomic E-state index is 0.00000913. The molecular weight excluding hydrogens is 622 g/mol. The average molecular weight is 664 g/mol. The standard InChI is InChI=1S/C25H41N7O12S/c1-2-19(25(39)40)27-22(35)9-8-17(24(37)38)15-18(33)16-44-13-12-43-11-10-26-21(34)7-4-14-45(41,42)30-23(36)6-3-5-20-28-31-32-29-20/h17,19H,2-16H2,1H3,(H,26,34)(H,27,35)(H,30,36)(H,37,38)(H,39,40)(H,28,29,31,32). The number of aromatic nitrogens is 4. The highest BCUT2D eigenvalue weighted by Gasteiger charge is 2.24. The molecule has 0 fully saturated rings. The Morgan fingerprint density at radius 2 is 1.62 bits per heavy atom. The fourth-order valence-electron chi connectivity index (χ4n) is 3.71. The Kier molecular flexibility index (Phi) is 18.7. The molecule has 254 valence electrons. The number of nitrogens with one attached hydrogen (secondary N) is 4. The van der Waals surface area contributed by atoms with E-state index in [9.17, 15) is 42.3 Å². The predicted octanol–water partition coefficient (Wildman–Crippen LogP) is -1.68. The van der Waals surface area contributed by atoms with Crippen LogP contribution in [0.4, 0.5) is 0 Å². The Bertz CT molecular complexity index is 1210. The molecule has 2 unspecified atom stereocenters. The molecule has 1 aromatic rings. The molecule has 45 heavy (non-hydrogen) atoms. The molecule has 0 spiro atoms. The number of tetrazole rings is 1. The van der Waals surface area contributed by atoms with Crippen LogP contribution in [0.3, 0.4) is 0 Å². The van der Waals surface area contributed by atoms with Crippen LogP contribution in [0.15, 0.2) is 0 Å². The van der Waals surface area contributed by atoms with E-state index in [1.807, 2.05) is 4.72 Å². The maximum absolute atomic E-state index is 12.1. The number of carboxylic acid groups (broad SMARTS) is 2. The maximum atomic E-state index is 12.1. The van der Waals surface area contributed by atoms with Crippen molar-refractivity contribution in [1.29, 1.82) is 0 Å². The summed E-state index contributed by atoms with van der Waals surface area (Å²) in [5.74, 6) is -5.76. The molecule has 1 aromatic heterocycles. The van der Waals surface area contributed by atoms with Crippen molar-refractivity contribution in [3.63, 3.8) is 0 Å². The summed E-state index contributed by atoms with van der Waals surface area (Å²) in [5, 5.41) is 36.3. The van der Waals surface area contributed by atoms with Gasteiger partial charge in [-0.15, -0.1) is 10.2 Å². The normalized spacial score (nSPS) is 12.6. The second kappa shape index (κ2) is 21.6. The van der Waals surface area contributed by atoms with Crippen LogP contribution in [0, 0.1) is 5.92 Å². The van der Waals surface area contributed by atoms with Crippen molar-refractivity contribution < 1.29 is 56.9 Å². The van der Waals surface area contributed by atoms with E-state index in [0.717, 1.165) is 0 Å². The molecule has 0 bridgehead atoms. The van der Waals surface area contributed by atoms with Gasteiger partial charge in [0.15, 0.2) is 11.6 Å². The molecule has 20 heteroatoms. The number of carbonyl (C=O) groups is 6. The van der Waals surface area contributed by atoms with Gasteiger partial charge in [-0.3, -0.25) is 28.7 Å². The zero-order chi connectivity index (χ0) is 33.7. The van der Waals surface area contributed by atoms with E-state index in [-0.39, 0.29) is 77.9 Å². The lowest BCUT2D eigenvalue weighted by Gasteiger charge is -2.14. The summed E-state index contributed by atoms with van der Waals surface area (Å²) in [4.78, 5) is 70.2. The summed E-state index contributed by atoms with van der Waals surface area (Å²) >= 11 is 0. The van der Waals surface area contributed by atoms with E-state index in [1.54, 1.807) is 6.92 Å². The summed E-state index contributed by atoms with van der Waals surface area (Å²) < 4.78 is 36.5. The summed E-state index contributed by atoms with van der Waals surface area (Å²) in [6, 6.07) is -1.07. The number of Topliss-reactive ketones (excluding diaryl/α,β-unsaturated/α-hetero) is 1. The van der Waals surface area contributed by atoms with Crippen LogP contribution < -0.4 is 15.4 Å². The monoisotopic (exact) mass is 663 g/mol. The third-order valence-corrected chi connectivity index (χ3v) is 7.43. The number of nitrogens with zero attached hydrogens (tertiary/aromatic N) is 3. The lowest BCUT2D eigenvalue weighted by molar-refractivity contribution is -0.145. The lowest BCUT2D eigenvalue weighted by atomic mass is 9.97. The fraction of sp³-hybridized carbons (Fsp3) is 0.720. The first-order valence-corrected chi connectivity index (χ1v) is 15.9. The quantitative estimate of drug-likeness (QED) is 0.0603. The number of sulfonamides is 1. The van der Waals surface area contributed by atoms with Crippen LogP contribution in [0.25, 0.3) is 0 Å². The van der Waals surface area contributed by atoms with Gasteiger partial charge in [-0.1, -0.05) is 12.1 Å². The van der Waals surface area contributed by atoms with Gasteiger partial charge in [0.2, 0.25) is 27.7 Å². The summed E-state index contributed by atoms with van der Waals surface area (Å²) in [6.07, 6.45) is -0.00745. The number of aryl methyl sites for hydroxylation is 1. The molecule has 0 saturated carbocycles. The maximum Gasteiger partial charge on any atom is 0.326 e. The number of ether oxygens (including phenoxy) is 2. The number of carboxylic acids is 2. The molecule has 0 aliphatic heterocycles.